The predicted octanol–water partition coefficient (Wildman–Crippen LogP) is 3.06. The number of benzene rings is 1. The van der Waals surface area contributed by atoms with Crippen molar-refractivity contribution in [3.63, 3.8) is 0 Å². The first-order valence-electron chi connectivity index (χ1n) is 6.70. The first-order valence-corrected chi connectivity index (χ1v) is 6.70. The van der Waals surface area contributed by atoms with Crippen molar-refractivity contribution in [2.24, 2.45) is 5.10 Å². The van der Waals surface area contributed by atoms with Gasteiger partial charge in [0.25, 0.3) is 0 Å². The van der Waals surface area contributed by atoms with Crippen molar-refractivity contribution in [3.8, 4) is 0 Å². The van der Waals surface area contributed by atoms with E-state index in [4.69, 9.17) is 4.74 Å². The van der Waals surface area contributed by atoms with Crippen LogP contribution in [0.3, 0.4) is 0 Å². The summed E-state index contributed by atoms with van der Waals surface area (Å²) in [5.41, 5.74) is 1.20. The third kappa shape index (κ3) is 3.57. The SMILES string of the molecule is C[C@@H]1CC[C@@H](C)N1/N=C/COCc1ccccc1. The fraction of sp³-hybridized carbons (Fsp3) is 0.533. The van der Waals surface area contributed by atoms with Crippen LogP contribution in [0.25, 0.3) is 0 Å². The molecule has 3 heteroatoms. The molecule has 1 saturated heterocycles. The Morgan fingerprint density at radius 3 is 2.56 bits per heavy atom. The lowest BCUT2D eigenvalue weighted by Gasteiger charge is -2.22. The van der Waals surface area contributed by atoms with E-state index in [1.807, 2.05) is 24.4 Å². The second-order valence-electron chi connectivity index (χ2n) is 4.95. The maximum absolute atomic E-state index is 5.57. The van der Waals surface area contributed by atoms with Gasteiger partial charge in [-0.1, -0.05) is 30.3 Å². The highest BCUT2D eigenvalue weighted by atomic mass is 16.5. The molecule has 1 fully saturated rings. The molecule has 1 aromatic rings. The average molecular weight is 246 g/mol. The van der Waals surface area contributed by atoms with E-state index in [1.54, 1.807) is 0 Å². The molecule has 0 aliphatic carbocycles. The van der Waals surface area contributed by atoms with Gasteiger partial charge in [0.1, 0.15) is 0 Å². The molecule has 1 aliphatic heterocycles. The summed E-state index contributed by atoms with van der Waals surface area (Å²) in [7, 11) is 0. The van der Waals surface area contributed by atoms with Crippen LogP contribution >= 0.6 is 0 Å². The second kappa shape index (κ2) is 6.55. The van der Waals surface area contributed by atoms with Crippen molar-refractivity contribution in [1.82, 2.24) is 5.01 Å². The van der Waals surface area contributed by atoms with Gasteiger partial charge in [-0.25, -0.2) is 0 Å². The molecule has 0 aromatic heterocycles. The Kier molecular flexibility index (Phi) is 4.76. The molecule has 0 spiro atoms. The summed E-state index contributed by atoms with van der Waals surface area (Å²) >= 11 is 0. The van der Waals surface area contributed by atoms with E-state index in [2.05, 4.69) is 36.1 Å². The van der Waals surface area contributed by atoms with Gasteiger partial charge in [0.15, 0.2) is 0 Å². The molecule has 1 aliphatic rings. The van der Waals surface area contributed by atoms with Crippen molar-refractivity contribution in [1.29, 1.82) is 0 Å². The molecule has 2 atom stereocenters. The Labute approximate surface area is 109 Å². The molecule has 0 radical (unpaired) electrons. The fourth-order valence-corrected chi connectivity index (χ4v) is 2.34. The molecule has 1 heterocycles. The summed E-state index contributed by atoms with van der Waals surface area (Å²) in [5, 5.41) is 6.69. The van der Waals surface area contributed by atoms with Gasteiger partial charge in [0.05, 0.1) is 19.4 Å². The van der Waals surface area contributed by atoms with Crippen molar-refractivity contribution in [2.75, 3.05) is 6.61 Å². The smallest absolute Gasteiger partial charge is 0.0840 e. The van der Waals surface area contributed by atoms with Crippen molar-refractivity contribution in [3.05, 3.63) is 35.9 Å². The van der Waals surface area contributed by atoms with Crippen LogP contribution in [0.4, 0.5) is 0 Å². The molecule has 18 heavy (non-hydrogen) atoms. The molecular formula is C15H22N2O. The zero-order valence-electron chi connectivity index (χ0n) is 11.2. The first kappa shape index (κ1) is 13.1. The zero-order chi connectivity index (χ0) is 12.8. The van der Waals surface area contributed by atoms with E-state index in [1.165, 1.54) is 18.4 Å². The number of nitrogens with zero attached hydrogens (tertiary/aromatic N) is 2. The molecule has 1 aromatic carbocycles. The van der Waals surface area contributed by atoms with E-state index in [-0.39, 0.29) is 0 Å². The van der Waals surface area contributed by atoms with Gasteiger partial charge >= 0.3 is 0 Å². The molecule has 3 nitrogen and oxygen atoms in total. The van der Waals surface area contributed by atoms with Crippen LogP contribution in [0.2, 0.25) is 0 Å². The molecule has 0 bridgehead atoms. The predicted molar refractivity (Wildman–Crippen MR) is 74.6 cm³/mol. The monoisotopic (exact) mass is 246 g/mol. The lowest BCUT2D eigenvalue weighted by molar-refractivity contribution is 0.157. The van der Waals surface area contributed by atoms with E-state index < -0.39 is 0 Å². The molecular weight excluding hydrogens is 224 g/mol. The second-order valence-corrected chi connectivity index (χ2v) is 4.95. The third-order valence-corrected chi connectivity index (χ3v) is 3.42. The molecule has 0 amide bonds. The molecule has 0 saturated carbocycles. The highest BCUT2D eigenvalue weighted by Gasteiger charge is 2.25. The fourth-order valence-electron chi connectivity index (χ4n) is 2.34. The number of rotatable bonds is 5. The Balaban J connectivity index is 1.69. The average Bonchev–Trinajstić information content (AvgIpc) is 2.71. The maximum Gasteiger partial charge on any atom is 0.0840 e. The van der Waals surface area contributed by atoms with Crippen LogP contribution in [-0.4, -0.2) is 29.9 Å². The maximum atomic E-state index is 5.57. The Hall–Kier alpha value is -1.35. The number of hydrazone groups is 1. The Morgan fingerprint density at radius 2 is 1.89 bits per heavy atom. The van der Waals surface area contributed by atoms with Crippen LogP contribution in [0.1, 0.15) is 32.3 Å². The van der Waals surface area contributed by atoms with Crippen LogP contribution < -0.4 is 0 Å². The Morgan fingerprint density at radius 1 is 1.22 bits per heavy atom. The van der Waals surface area contributed by atoms with Gasteiger partial charge in [0.2, 0.25) is 0 Å². The van der Waals surface area contributed by atoms with Crippen LogP contribution in [0.5, 0.6) is 0 Å². The van der Waals surface area contributed by atoms with Crippen molar-refractivity contribution < 1.29 is 4.74 Å². The van der Waals surface area contributed by atoms with Gasteiger partial charge in [0, 0.05) is 12.1 Å². The highest BCUT2D eigenvalue weighted by molar-refractivity contribution is 5.58. The largest absolute Gasteiger partial charge is 0.371 e. The van der Waals surface area contributed by atoms with Gasteiger partial charge < -0.3 is 4.74 Å². The molecule has 98 valence electrons. The summed E-state index contributed by atoms with van der Waals surface area (Å²) in [6, 6.07) is 11.3. The topological polar surface area (TPSA) is 24.8 Å². The quantitative estimate of drug-likeness (QED) is 0.589. The van der Waals surface area contributed by atoms with Gasteiger partial charge in [-0.3, -0.25) is 5.01 Å². The van der Waals surface area contributed by atoms with E-state index in [0.717, 1.165) is 0 Å². The summed E-state index contributed by atoms with van der Waals surface area (Å²) in [6.07, 6.45) is 4.36. The number of hydrogen-bond donors (Lipinski definition) is 0. The summed E-state index contributed by atoms with van der Waals surface area (Å²) in [5.74, 6) is 0. The summed E-state index contributed by atoms with van der Waals surface area (Å²) in [6.45, 7) is 5.68. The van der Waals surface area contributed by atoms with Gasteiger partial charge in [-0.2, -0.15) is 5.10 Å². The van der Waals surface area contributed by atoms with Crippen LogP contribution in [0, 0.1) is 0 Å². The third-order valence-electron chi connectivity index (χ3n) is 3.42. The Bertz CT molecular complexity index is 367. The summed E-state index contributed by atoms with van der Waals surface area (Å²) < 4.78 is 5.57. The minimum atomic E-state index is 0.561. The van der Waals surface area contributed by atoms with E-state index >= 15 is 0 Å². The number of hydrogen-bond acceptors (Lipinski definition) is 3. The summed E-state index contributed by atoms with van der Waals surface area (Å²) in [4.78, 5) is 0. The minimum absolute atomic E-state index is 0.561. The minimum Gasteiger partial charge on any atom is -0.371 e. The number of ether oxygens (including phenoxy) is 1. The lowest BCUT2D eigenvalue weighted by Crippen LogP contribution is -2.27. The van der Waals surface area contributed by atoms with Crippen molar-refractivity contribution in [2.45, 2.75) is 45.4 Å². The first-order chi connectivity index (χ1) is 8.77. The van der Waals surface area contributed by atoms with E-state index in [9.17, 15) is 0 Å². The molecule has 0 unspecified atom stereocenters. The zero-order valence-corrected chi connectivity index (χ0v) is 11.2. The lowest BCUT2D eigenvalue weighted by atomic mass is 10.2. The van der Waals surface area contributed by atoms with E-state index in [0.29, 0.717) is 25.3 Å². The highest BCUT2D eigenvalue weighted by Crippen LogP contribution is 2.22. The normalized spacial score (nSPS) is 24.0. The van der Waals surface area contributed by atoms with Gasteiger partial charge in [-0.15, -0.1) is 0 Å². The van der Waals surface area contributed by atoms with Gasteiger partial charge in [-0.05, 0) is 32.3 Å². The van der Waals surface area contributed by atoms with Crippen LogP contribution in [-0.2, 0) is 11.3 Å². The molecule has 2 rings (SSSR count). The van der Waals surface area contributed by atoms with Crippen LogP contribution in [0.15, 0.2) is 35.4 Å². The molecule has 0 N–H and O–H groups in total. The van der Waals surface area contributed by atoms with Crippen molar-refractivity contribution >= 4 is 6.21 Å². The standard InChI is InChI=1S/C15H22N2O/c1-13-8-9-14(2)17(13)16-10-11-18-12-15-6-4-3-5-7-15/h3-7,10,13-14H,8-9,11-12H2,1-2H3/b16-10+/t13-,14-/m1/s1.